The van der Waals surface area contributed by atoms with E-state index >= 15 is 0 Å². The van der Waals surface area contributed by atoms with Crippen LogP contribution in [0.5, 0.6) is 0 Å². The molecule has 0 saturated carbocycles. The molecular weight excluding hydrogens is 231 g/mol. The van der Waals surface area contributed by atoms with Gasteiger partial charge in [-0.25, -0.2) is 0 Å². The van der Waals surface area contributed by atoms with Gasteiger partial charge in [0.25, 0.3) is 0 Å². The zero-order chi connectivity index (χ0) is 11.6. The van der Waals surface area contributed by atoms with Crippen LogP contribution >= 0.6 is 11.3 Å². The molecule has 0 spiro atoms. The van der Waals surface area contributed by atoms with E-state index < -0.39 is 11.2 Å². The number of likely N-dealkylation sites (N-methyl/N-ethyl adjacent to an activating group) is 1. The summed E-state index contributed by atoms with van der Waals surface area (Å²) in [6.07, 6.45) is -4.46. The van der Waals surface area contributed by atoms with Crippen molar-refractivity contribution in [2.45, 2.75) is 19.1 Å². The summed E-state index contributed by atoms with van der Waals surface area (Å²) in [4.78, 5) is 1.45. The van der Waals surface area contributed by atoms with E-state index in [4.69, 9.17) is 5.11 Å². The number of rotatable bonds is 3. The number of nitrogens with zero attached hydrogens (tertiary/aromatic N) is 3. The van der Waals surface area contributed by atoms with Crippen LogP contribution in [0, 0.1) is 0 Å². The molecule has 0 aliphatic rings. The molecule has 1 unspecified atom stereocenters. The number of anilines is 1. The van der Waals surface area contributed by atoms with Crippen molar-refractivity contribution in [3.05, 3.63) is 5.01 Å². The minimum Gasteiger partial charge on any atom is -0.394 e. The minimum atomic E-state index is -4.46. The summed E-state index contributed by atoms with van der Waals surface area (Å²) >= 11 is 0.459. The number of aliphatic hydroxyl groups excluding tert-OH is 1. The smallest absolute Gasteiger partial charge is 0.394 e. The predicted molar refractivity (Wildman–Crippen MR) is 49.9 cm³/mol. The second-order valence-corrected chi connectivity index (χ2v) is 3.99. The van der Waals surface area contributed by atoms with Gasteiger partial charge in [0, 0.05) is 7.05 Å². The van der Waals surface area contributed by atoms with Gasteiger partial charge in [0.15, 0.2) is 0 Å². The fraction of sp³-hybridized carbons (Fsp3) is 0.714. The zero-order valence-electron chi connectivity index (χ0n) is 8.12. The molecule has 1 heterocycles. The average molecular weight is 241 g/mol. The Bertz CT molecular complexity index is 328. The topological polar surface area (TPSA) is 49.2 Å². The number of hydrogen-bond donors (Lipinski definition) is 1. The van der Waals surface area contributed by atoms with Crippen molar-refractivity contribution in [1.82, 2.24) is 10.2 Å². The summed E-state index contributed by atoms with van der Waals surface area (Å²) in [5, 5.41) is 14.5. The molecule has 1 aromatic heterocycles. The molecule has 0 bridgehead atoms. The lowest BCUT2D eigenvalue weighted by atomic mass is 10.3. The molecule has 15 heavy (non-hydrogen) atoms. The van der Waals surface area contributed by atoms with E-state index in [1.165, 1.54) is 4.90 Å². The minimum absolute atomic E-state index is 0.142. The Labute approximate surface area is 88.4 Å². The second-order valence-electron chi connectivity index (χ2n) is 3.03. The van der Waals surface area contributed by atoms with Crippen LogP contribution in [0.2, 0.25) is 0 Å². The molecule has 0 aliphatic carbocycles. The molecule has 0 aliphatic heterocycles. The number of hydrogen-bond acceptors (Lipinski definition) is 5. The molecule has 86 valence electrons. The summed E-state index contributed by atoms with van der Waals surface area (Å²) in [6, 6.07) is -0.293. The summed E-state index contributed by atoms with van der Waals surface area (Å²) in [5.74, 6) is 0. The monoisotopic (exact) mass is 241 g/mol. The normalized spacial score (nSPS) is 14.0. The number of alkyl halides is 3. The number of halogens is 3. The van der Waals surface area contributed by atoms with E-state index in [2.05, 4.69) is 10.2 Å². The Balaban J connectivity index is 2.85. The van der Waals surface area contributed by atoms with Gasteiger partial charge in [0.1, 0.15) is 0 Å². The predicted octanol–water partition coefficient (Wildman–Crippen LogP) is 1.37. The molecule has 1 atom stereocenters. The third-order valence-electron chi connectivity index (χ3n) is 1.88. The molecule has 0 saturated heterocycles. The second kappa shape index (κ2) is 4.31. The lowest BCUT2D eigenvalue weighted by Crippen LogP contribution is -2.31. The van der Waals surface area contributed by atoms with Gasteiger partial charge >= 0.3 is 6.18 Å². The van der Waals surface area contributed by atoms with E-state index in [1.54, 1.807) is 14.0 Å². The van der Waals surface area contributed by atoms with Crippen LogP contribution in [0.15, 0.2) is 0 Å². The van der Waals surface area contributed by atoms with Gasteiger partial charge in [-0.15, -0.1) is 10.2 Å². The fourth-order valence-electron chi connectivity index (χ4n) is 0.784. The Morgan fingerprint density at radius 2 is 2.07 bits per heavy atom. The molecule has 0 fully saturated rings. The molecule has 1 rings (SSSR count). The number of aromatic nitrogens is 2. The Hall–Kier alpha value is -0.890. The van der Waals surface area contributed by atoms with E-state index in [0.717, 1.165) is 0 Å². The van der Waals surface area contributed by atoms with Crippen molar-refractivity contribution in [2.24, 2.45) is 0 Å². The van der Waals surface area contributed by atoms with Crippen LogP contribution in [-0.2, 0) is 6.18 Å². The summed E-state index contributed by atoms with van der Waals surface area (Å²) < 4.78 is 36.6. The van der Waals surface area contributed by atoms with E-state index in [0.29, 0.717) is 11.3 Å². The lowest BCUT2D eigenvalue weighted by Gasteiger charge is -2.21. The lowest BCUT2D eigenvalue weighted by molar-refractivity contribution is -0.138. The van der Waals surface area contributed by atoms with Gasteiger partial charge in [-0.05, 0) is 6.92 Å². The Morgan fingerprint density at radius 3 is 2.47 bits per heavy atom. The maximum absolute atomic E-state index is 12.2. The number of aliphatic hydroxyl groups is 1. The molecular formula is C7H10F3N3OS. The van der Waals surface area contributed by atoms with Crippen molar-refractivity contribution in [2.75, 3.05) is 18.6 Å². The van der Waals surface area contributed by atoms with Crippen LogP contribution in [0.1, 0.15) is 11.9 Å². The van der Waals surface area contributed by atoms with E-state index in [-0.39, 0.29) is 17.8 Å². The summed E-state index contributed by atoms with van der Waals surface area (Å²) in [5.41, 5.74) is 0. The van der Waals surface area contributed by atoms with Crippen molar-refractivity contribution in [3.8, 4) is 0 Å². The third kappa shape index (κ3) is 2.78. The highest BCUT2D eigenvalue weighted by molar-refractivity contribution is 7.15. The molecule has 1 aromatic rings. The standard InChI is InChI=1S/C7H10F3N3OS/c1-4(3-14)13(2)6-12-11-5(15-6)7(8,9)10/h4,14H,3H2,1-2H3. The Morgan fingerprint density at radius 1 is 1.47 bits per heavy atom. The van der Waals surface area contributed by atoms with Crippen molar-refractivity contribution in [3.63, 3.8) is 0 Å². The van der Waals surface area contributed by atoms with Crippen LogP contribution < -0.4 is 4.90 Å². The zero-order valence-corrected chi connectivity index (χ0v) is 8.93. The largest absolute Gasteiger partial charge is 0.445 e. The van der Waals surface area contributed by atoms with Gasteiger partial charge in [0.2, 0.25) is 10.1 Å². The van der Waals surface area contributed by atoms with E-state index in [9.17, 15) is 13.2 Å². The van der Waals surface area contributed by atoms with Gasteiger partial charge in [-0.3, -0.25) is 0 Å². The third-order valence-corrected chi connectivity index (χ3v) is 2.94. The Kier molecular flexibility index (Phi) is 3.50. The van der Waals surface area contributed by atoms with Crippen molar-refractivity contribution in [1.29, 1.82) is 0 Å². The van der Waals surface area contributed by atoms with Crippen LogP contribution in [0.4, 0.5) is 18.3 Å². The molecule has 0 radical (unpaired) electrons. The van der Waals surface area contributed by atoms with Gasteiger partial charge in [0.05, 0.1) is 12.6 Å². The average Bonchev–Trinajstić information content (AvgIpc) is 2.63. The molecule has 4 nitrogen and oxygen atoms in total. The first-order chi connectivity index (χ1) is 6.86. The first-order valence-electron chi connectivity index (χ1n) is 4.10. The highest BCUT2D eigenvalue weighted by atomic mass is 32.1. The first-order valence-corrected chi connectivity index (χ1v) is 4.92. The van der Waals surface area contributed by atoms with Crippen LogP contribution in [-0.4, -0.2) is 35.0 Å². The summed E-state index contributed by atoms with van der Waals surface area (Å²) in [6.45, 7) is 1.52. The van der Waals surface area contributed by atoms with Gasteiger partial charge < -0.3 is 10.0 Å². The van der Waals surface area contributed by atoms with Gasteiger partial charge in [-0.1, -0.05) is 11.3 Å². The van der Waals surface area contributed by atoms with Crippen LogP contribution in [0.25, 0.3) is 0 Å². The molecule has 8 heteroatoms. The maximum Gasteiger partial charge on any atom is 0.445 e. The van der Waals surface area contributed by atoms with Crippen LogP contribution in [0.3, 0.4) is 0 Å². The highest BCUT2D eigenvalue weighted by Crippen LogP contribution is 2.34. The molecule has 0 aromatic carbocycles. The van der Waals surface area contributed by atoms with E-state index in [1.807, 2.05) is 0 Å². The maximum atomic E-state index is 12.2. The van der Waals surface area contributed by atoms with Crippen molar-refractivity contribution >= 4 is 16.5 Å². The quantitative estimate of drug-likeness (QED) is 0.868. The highest BCUT2D eigenvalue weighted by Gasteiger charge is 2.36. The first kappa shape index (κ1) is 12.2. The van der Waals surface area contributed by atoms with Crippen molar-refractivity contribution < 1.29 is 18.3 Å². The molecule has 0 amide bonds. The fourth-order valence-corrected chi connectivity index (χ4v) is 1.56. The molecule has 1 N–H and O–H groups in total. The summed E-state index contributed by atoms with van der Waals surface area (Å²) in [7, 11) is 1.56. The van der Waals surface area contributed by atoms with Gasteiger partial charge in [-0.2, -0.15) is 13.2 Å². The SMILES string of the molecule is CC(CO)N(C)c1nnc(C(F)(F)F)s1.